The first-order chi connectivity index (χ1) is 8.47. The predicted octanol–water partition coefficient (Wildman–Crippen LogP) is 2.54. The van der Waals surface area contributed by atoms with E-state index in [1.165, 1.54) is 5.56 Å². The van der Waals surface area contributed by atoms with Crippen LogP contribution in [0.5, 0.6) is 5.75 Å². The largest absolute Gasteiger partial charge is 0.507 e. The third kappa shape index (κ3) is 3.05. The molecule has 1 saturated heterocycles. The van der Waals surface area contributed by atoms with Crippen molar-refractivity contribution < 1.29 is 5.11 Å². The fourth-order valence-electron chi connectivity index (χ4n) is 2.76. The normalized spacial score (nSPS) is 24.9. The highest BCUT2D eigenvalue weighted by atomic mass is 79.9. The molecule has 4 heteroatoms. The molecule has 2 rings (SSSR count). The second-order valence-electron chi connectivity index (χ2n) is 5.49. The lowest BCUT2D eigenvalue weighted by Crippen LogP contribution is -2.34. The van der Waals surface area contributed by atoms with Crippen LogP contribution in [0.2, 0.25) is 0 Å². The third-order valence-electron chi connectivity index (χ3n) is 3.73. The van der Waals surface area contributed by atoms with Gasteiger partial charge in [0.25, 0.3) is 0 Å². The lowest BCUT2D eigenvalue weighted by Gasteiger charge is -2.22. The minimum atomic E-state index is 0.305. The molecule has 0 amide bonds. The van der Waals surface area contributed by atoms with E-state index in [1.807, 2.05) is 12.1 Å². The molecule has 0 aliphatic carbocycles. The molecular formula is C14H21BrN2O. The lowest BCUT2D eigenvalue weighted by atomic mass is 10.1. The van der Waals surface area contributed by atoms with E-state index in [0.717, 1.165) is 24.1 Å². The van der Waals surface area contributed by atoms with Gasteiger partial charge in [0.05, 0.1) is 4.47 Å². The van der Waals surface area contributed by atoms with Crippen LogP contribution in [0.1, 0.15) is 12.5 Å². The molecule has 1 aromatic rings. The van der Waals surface area contributed by atoms with Crippen LogP contribution < -0.4 is 0 Å². The van der Waals surface area contributed by atoms with E-state index in [1.54, 1.807) is 6.07 Å². The van der Waals surface area contributed by atoms with Gasteiger partial charge in [-0.25, -0.2) is 0 Å². The number of aromatic hydroxyl groups is 1. The van der Waals surface area contributed by atoms with Crippen molar-refractivity contribution in [3.63, 3.8) is 0 Å². The minimum Gasteiger partial charge on any atom is -0.507 e. The molecule has 18 heavy (non-hydrogen) atoms. The first kappa shape index (κ1) is 13.8. The average Bonchev–Trinajstić information content (AvgIpc) is 2.65. The summed E-state index contributed by atoms with van der Waals surface area (Å²) in [4.78, 5) is 4.80. The van der Waals surface area contributed by atoms with Crippen molar-refractivity contribution in [1.29, 1.82) is 0 Å². The lowest BCUT2D eigenvalue weighted by molar-refractivity contribution is 0.250. The van der Waals surface area contributed by atoms with Crippen molar-refractivity contribution in [2.75, 3.05) is 27.2 Å². The number of halogens is 1. The summed E-state index contributed by atoms with van der Waals surface area (Å²) in [6.45, 7) is 5.53. The Morgan fingerprint density at radius 1 is 1.39 bits per heavy atom. The average molecular weight is 313 g/mol. The van der Waals surface area contributed by atoms with E-state index in [4.69, 9.17) is 0 Å². The summed E-state index contributed by atoms with van der Waals surface area (Å²) >= 11 is 3.37. The van der Waals surface area contributed by atoms with E-state index >= 15 is 0 Å². The zero-order valence-corrected chi connectivity index (χ0v) is 12.8. The first-order valence-electron chi connectivity index (χ1n) is 6.33. The molecule has 1 aliphatic heterocycles. The van der Waals surface area contributed by atoms with Gasteiger partial charge in [-0.1, -0.05) is 13.0 Å². The Bertz CT molecular complexity index is 422. The van der Waals surface area contributed by atoms with Crippen molar-refractivity contribution in [2.45, 2.75) is 19.5 Å². The monoisotopic (exact) mass is 312 g/mol. The molecule has 1 aromatic carbocycles. The van der Waals surface area contributed by atoms with Gasteiger partial charge in [0.1, 0.15) is 5.75 Å². The van der Waals surface area contributed by atoms with Crippen LogP contribution >= 0.6 is 15.9 Å². The standard InChI is InChI=1S/C14H21BrN2O/c1-10-7-17(9-13(10)16(2)3)8-11-4-5-14(18)12(15)6-11/h4-6,10,13,18H,7-9H2,1-3H3. The third-order valence-corrected chi connectivity index (χ3v) is 4.37. The zero-order valence-electron chi connectivity index (χ0n) is 11.2. The molecule has 100 valence electrons. The molecule has 1 fully saturated rings. The van der Waals surface area contributed by atoms with Crippen molar-refractivity contribution in [3.8, 4) is 5.75 Å². The number of hydrogen-bond donors (Lipinski definition) is 1. The molecular weight excluding hydrogens is 292 g/mol. The predicted molar refractivity (Wildman–Crippen MR) is 77.7 cm³/mol. The van der Waals surface area contributed by atoms with Crippen LogP contribution in [-0.4, -0.2) is 48.1 Å². The first-order valence-corrected chi connectivity index (χ1v) is 7.13. The second-order valence-corrected chi connectivity index (χ2v) is 6.34. The maximum Gasteiger partial charge on any atom is 0.129 e. The molecule has 2 atom stereocenters. The number of likely N-dealkylation sites (N-methyl/N-ethyl adjacent to an activating group) is 1. The summed E-state index contributed by atoms with van der Waals surface area (Å²) in [5.41, 5.74) is 1.24. The van der Waals surface area contributed by atoms with Crippen LogP contribution in [-0.2, 0) is 6.54 Å². The number of phenolic OH excluding ortho intramolecular Hbond substituents is 1. The maximum atomic E-state index is 9.49. The Labute approximate surface area is 118 Å². The van der Waals surface area contributed by atoms with E-state index in [0.29, 0.717) is 17.7 Å². The quantitative estimate of drug-likeness (QED) is 0.929. The smallest absolute Gasteiger partial charge is 0.129 e. The number of benzene rings is 1. The fraction of sp³-hybridized carbons (Fsp3) is 0.571. The number of hydrogen-bond acceptors (Lipinski definition) is 3. The van der Waals surface area contributed by atoms with Gasteiger partial charge < -0.3 is 10.0 Å². The Morgan fingerprint density at radius 3 is 2.67 bits per heavy atom. The fourth-order valence-corrected chi connectivity index (χ4v) is 3.18. The molecule has 2 unspecified atom stereocenters. The highest BCUT2D eigenvalue weighted by Crippen LogP contribution is 2.27. The highest BCUT2D eigenvalue weighted by Gasteiger charge is 2.30. The molecule has 0 radical (unpaired) electrons. The van der Waals surface area contributed by atoms with Crippen molar-refractivity contribution in [1.82, 2.24) is 9.80 Å². The topological polar surface area (TPSA) is 26.7 Å². The zero-order chi connectivity index (χ0) is 13.3. The molecule has 0 aromatic heterocycles. The molecule has 1 N–H and O–H groups in total. The molecule has 1 heterocycles. The van der Waals surface area contributed by atoms with Gasteiger partial charge >= 0.3 is 0 Å². The van der Waals surface area contributed by atoms with Crippen LogP contribution in [0.15, 0.2) is 22.7 Å². The maximum absolute atomic E-state index is 9.49. The van der Waals surface area contributed by atoms with Gasteiger partial charge in [-0.15, -0.1) is 0 Å². The molecule has 0 bridgehead atoms. The van der Waals surface area contributed by atoms with E-state index < -0.39 is 0 Å². The van der Waals surface area contributed by atoms with Crippen molar-refractivity contribution in [2.24, 2.45) is 5.92 Å². The van der Waals surface area contributed by atoms with Crippen LogP contribution in [0.25, 0.3) is 0 Å². The van der Waals surface area contributed by atoms with Gasteiger partial charge in [-0.3, -0.25) is 4.90 Å². The van der Waals surface area contributed by atoms with E-state index in [9.17, 15) is 5.11 Å². The van der Waals surface area contributed by atoms with Crippen molar-refractivity contribution >= 4 is 15.9 Å². The minimum absolute atomic E-state index is 0.305. The second kappa shape index (κ2) is 5.59. The summed E-state index contributed by atoms with van der Waals surface area (Å²) in [6.07, 6.45) is 0. The Kier molecular flexibility index (Phi) is 4.30. The van der Waals surface area contributed by atoms with Gasteiger partial charge in [0.15, 0.2) is 0 Å². The Balaban J connectivity index is 2.00. The van der Waals surface area contributed by atoms with Gasteiger partial charge in [0.2, 0.25) is 0 Å². The van der Waals surface area contributed by atoms with E-state index in [-0.39, 0.29) is 0 Å². The summed E-state index contributed by atoms with van der Waals surface area (Å²) in [5.74, 6) is 1.01. The van der Waals surface area contributed by atoms with Crippen molar-refractivity contribution in [3.05, 3.63) is 28.2 Å². The van der Waals surface area contributed by atoms with Crippen LogP contribution in [0, 0.1) is 5.92 Å². The Hall–Kier alpha value is -0.580. The molecule has 0 saturated carbocycles. The SMILES string of the molecule is CC1CN(Cc2ccc(O)c(Br)c2)CC1N(C)C. The summed E-state index contributed by atoms with van der Waals surface area (Å²) in [7, 11) is 4.31. The molecule has 3 nitrogen and oxygen atoms in total. The summed E-state index contributed by atoms with van der Waals surface area (Å²) < 4.78 is 0.774. The number of phenols is 1. The number of nitrogens with zero attached hydrogens (tertiary/aromatic N) is 2. The van der Waals surface area contributed by atoms with Gasteiger partial charge in [-0.2, -0.15) is 0 Å². The molecule has 0 spiro atoms. The summed E-state index contributed by atoms with van der Waals surface area (Å²) in [5, 5.41) is 9.49. The number of likely N-dealkylation sites (tertiary alicyclic amines) is 1. The van der Waals surface area contributed by atoms with Crippen LogP contribution in [0.3, 0.4) is 0 Å². The van der Waals surface area contributed by atoms with E-state index in [2.05, 4.69) is 46.7 Å². The van der Waals surface area contributed by atoms with Crippen LogP contribution in [0.4, 0.5) is 0 Å². The van der Waals surface area contributed by atoms with Gasteiger partial charge in [0, 0.05) is 25.7 Å². The Morgan fingerprint density at radius 2 is 2.11 bits per heavy atom. The number of rotatable bonds is 3. The summed E-state index contributed by atoms with van der Waals surface area (Å²) in [6, 6.07) is 6.39. The highest BCUT2D eigenvalue weighted by molar-refractivity contribution is 9.10. The molecule has 1 aliphatic rings. The van der Waals surface area contributed by atoms with Gasteiger partial charge in [-0.05, 0) is 53.6 Å².